The Kier molecular flexibility index (Phi) is 13.2. The average Bonchev–Trinajstić information content (AvgIpc) is 2.65. The molecule has 84 valence electrons. The van der Waals surface area contributed by atoms with E-state index in [-0.39, 0.29) is 0 Å². The van der Waals surface area contributed by atoms with Gasteiger partial charge >= 0.3 is 0 Å². The van der Waals surface area contributed by atoms with Crippen molar-refractivity contribution in [3.05, 3.63) is 41.8 Å². The van der Waals surface area contributed by atoms with E-state index in [1.165, 1.54) is 0 Å². The summed E-state index contributed by atoms with van der Waals surface area (Å²) < 4.78 is 0. The second kappa shape index (κ2) is 12.4. The normalized spacial score (nSPS) is 10.0. The number of rotatable bonds is 1. The molecule has 2 nitrogen and oxygen atoms in total. The lowest BCUT2D eigenvalue weighted by molar-refractivity contribution is 1.29. The predicted octanol–water partition coefficient (Wildman–Crippen LogP) is 2.40. The third-order valence-corrected chi connectivity index (χ3v) is 1.20. The molecule has 0 bridgehead atoms. The van der Waals surface area contributed by atoms with Crippen LogP contribution < -0.4 is 10.7 Å². The van der Waals surface area contributed by atoms with Gasteiger partial charge in [-0.3, -0.25) is 0 Å². The molecular weight excluding hydrogens is 184 g/mol. The van der Waals surface area contributed by atoms with Crippen molar-refractivity contribution in [2.75, 3.05) is 0 Å². The number of aromatic amines is 1. The number of allylic oxidation sites excluding steroid dienone is 3. The Balaban J connectivity index is 0. The van der Waals surface area contributed by atoms with Crippen LogP contribution in [0.25, 0.3) is 12.7 Å². The van der Waals surface area contributed by atoms with E-state index in [0.717, 1.165) is 10.7 Å². The summed E-state index contributed by atoms with van der Waals surface area (Å²) >= 11 is 0. The summed E-state index contributed by atoms with van der Waals surface area (Å²) in [6, 6.07) is 0. The second-order valence-corrected chi connectivity index (χ2v) is 2.37. The number of nitrogens with zero attached hydrogens (tertiary/aromatic N) is 1. The van der Waals surface area contributed by atoms with Crippen LogP contribution in [0.5, 0.6) is 0 Å². The molecule has 0 amide bonds. The van der Waals surface area contributed by atoms with E-state index in [9.17, 15) is 0 Å². The Hall–Kier alpha value is -1.57. The summed E-state index contributed by atoms with van der Waals surface area (Å²) in [4.78, 5) is 6.92. The molecule has 2 heteroatoms. The summed E-state index contributed by atoms with van der Waals surface area (Å²) in [5.41, 5.74) is 0. The topological polar surface area (TPSA) is 28.7 Å². The molecular formula is C13H22N2. The van der Waals surface area contributed by atoms with E-state index in [0.29, 0.717) is 0 Å². The maximum absolute atomic E-state index is 4.03. The Morgan fingerprint density at radius 1 is 1.33 bits per heavy atom. The van der Waals surface area contributed by atoms with Gasteiger partial charge in [0.2, 0.25) is 0 Å². The van der Waals surface area contributed by atoms with Crippen LogP contribution in [0, 0.1) is 0 Å². The van der Waals surface area contributed by atoms with Gasteiger partial charge in [-0.05, 0) is 19.9 Å². The van der Waals surface area contributed by atoms with Gasteiger partial charge in [0.25, 0.3) is 0 Å². The number of aromatic nitrogens is 2. The summed E-state index contributed by atoms with van der Waals surface area (Å²) in [5, 5.41) is 1.76. The minimum absolute atomic E-state index is 0.859. The van der Waals surface area contributed by atoms with Crippen molar-refractivity contribution < 1.29 is 0 Å². The average molecular weight is 206 g/mol. The molecule has 15 heavy (non-hydrogen) atoms. The first-order valence-electron chi connectivity index (χ1n) is 5.14. The smallest absolute Gasteiger partial charge is 0.0931 e. The van der Waals surface area contributed by atoms with Crippen molar-refractivity contribution in [1.82, 2.24) is 9.97 Å². The van der Waals surface area contributed by atoms with Crippen LogP contribution in [0.4, 0.5) is 0 Å². The van der Waals surface area contributed by atoms with Gasteiger partial charge in [-0.25, -0.2) is 4.98 Å². The molecule has 0 radical (unpaired) electrons. The van der Waals surface area contributed by atoms with E-state index in [4.69, 9.17) is 0 Å². The van der Waals surface area contributed by atoms with Gasteiger partial charge in [0.05, 0.1) is 17.0 Å². The Labute approximate surface area is 92.8 Å². The molecule has 1 heterocycles. The van der Waals surface area contributed by atoms with Gasteiger partial charge in [0.15, 0.2) is 0 Å². The van der Waals surface area contributed by atoms with E-state index in [1.807, 2.05) is 45.9 Å². The summed E-state index contributed by atoms with van der Waals surface area (Å²) in [5.74, 6) is 0. The third-order valence-electron chi connectivity index (χ3n) is 1.20. The van der Waals surface area contributed by atoms with Crippen LogP contribution in [0.3, 0.4) is 0 Å². The van der Waals surface area contributed by atoms with Crippen molar-refractivity contribution in [3.8, 4) is 0 Å². The van der Waals surface area contributed by atoms with Gasteiger partial charge in [-0.2, -0.15) is 0 Å². The molecule has 1 aromatic heterocycles. The van der Waals surface area contributed by atoms with Crippen molar-refractivity contribution >= 4 is 12.7 Å². The maximum atomic E-state index is 4.03. The molecule has 0 aromatic carbocycles. The van der Waals surface area contributed by atoms with Crippen LogP contribution in [-0.2, 0) is 0 Å². The fraction of sp³-hybridized carbons (Fsp3) is 0.308. The van der Waals surface area contributed by atoms with E-state index in [2.05, 4.69) is 23.1 Å². The highest BCUT2D eigenvalue weighted by Gasteiger charge is 1.78. The van der Waals surface area contributed by atoms with Crippen LogP contribution >= 0.6 is 0 Å². The predicted molar refractivity (Wildman–Crippen MR) is 69.9 cm³/mol. The first kappa shape index (κ1) is 15.9. The lowest BCUT2D eigenvalue weighted by Gasteiger charge is -1.70. The second-order valence-electron chi connectivity index (χ2n) is 2.37. The van der Waals surface area contributed by atoms with Crippen LogP contribution in [0.1, 0.15) is 27.7 Å². The highest BCUT2D eigenvalue weighted by molar-refractivity contribution is 5.33. The van der Waals surface area contributed by atoms with Crippen LogP contribution in [0.2, 0.25) is 0 Å². The van der Waals surface area contributed by atoms with Crippen molar-refractivity contribution in [2.24, 2.45) is 0 Å². The quantitative estimate of drug-likeness (QED) is 0.702. The molecule has 0 aliphatic heterocycles. The lowest BCUT2D eigenvalue weighted by Crippen LogP contribution is -2.21. The lowest BCUT2D eigenvalue weighted by atomic mass is 10.4. The molecule has 0 unspecified atom stereocenters. The fourth-order valence-corrected chi connectivity index (χ4v) is 0.663. The molecule has 0 atom stereocenters. The zero-order valence-corrected chi connectivity index (χ0v) is 10.2. The molecule has 1 rings (SSSR count). The molecule has 0 saturated heterocycles. The van der Waals surface area contributed by atoms with Gasteiger partial charge in [0.1, 0.15) is 0 Å². The zero-order valence-electron chi connectivity index (χ0n) is 10.2. The molecule has 0 fully saturated rings. The summed E-state index contributed by atoms with van der Waals surface area (Å²) in [6.45, 7) is 15.0. The first-order valence-corrected chi connectivity index (χ1v) is 5.14. The van der Waals surface area contributed by atoms with Crippen molar-refractivity contribution in [2.45, 2.75) is 27.7 Å². The number of nitrogens with one attached hydrogen (secondary N) is 1. The van der Waals surface area contributed by atoms with E-state index >= 15 is 0 Å². The number of imidazole rings is 1. The van der Waals surface area contributed by atoms with Crippen molar-refractivity contribution in [3.63, 3.8) is 0 Å². The number of hydrogen-bond donors (Lipinski definition) is 1. The molecule has 0 saturated carbocycles. The number of hydrogen-bond acceptors (Lipinski definition) is 1. The van der Waals surface area contributed by atoms with E-state index in [1.54, 1.807) is 12.4 Å². The Bertz CT molecular complexity index is 358. The maximum Gasteiger partial charge on any atom is 0.0931 e. The molecule has 0 aliphatic rings. The SMILES string of the molecule is C=CC.C=c1[nH]cn/c1=C/C=C\C.CC. The minimum atomic E-state index is 0.859. The summed E-state index contributed by atoms with van der Waals surface area (Å²) in [7, 11) is 0. The molecule has 1 aromatic rings. The Morgan fingerprint density at radius 2 is 1.87 bits per heavy atom. The van der Waals surface area contributed by atoms with Gasteiger partial charge in [0, 0.05) is 0 Å². The zero-order chi connectivity index (χ0) is 12.1. The van der Waals surface area contributed by atoms with Gasteiger partial charge in [-0.15, -0.1) is 6.58 Å². The third kappa shape index (κ3) is 8.75. The van der Waals surface area contributed by atoms with Gasteiger partial charge < -0.3 is 4.98 Å². The molecule has 1 N–H and O–H groups in total. The van der Waals surface area contributed by atoms with Crippen LogP contribution in [-0.4, -0.2) is 9.97 Å². The standard InChI is InChI=1S/C8H10N2.C3H6.C2H6/c1-3-4-5-8-7(2)9-6-10-8;1-3-2;1-2/h3-6H,2H2,1H3,(H,9,10);3H,1H2,2H3;1-2H3/b4-3-,8-5+;;. The highest BCUT2D eigenvalue weighted by atomic mass is 14.8. The summed E-state index contributed by atoms with van der Waals surface area (Å²) in [6.07, 6.45) is 9.19. The molecule has 0 spiro atoms. The monoisotopic (exact) mass is 206 g/mol. The first-order chi connectivity index (χ1) is 7.26. The van der Waals surface area contributed by atoms with Crippen LogP contribution in [0.15, 0.2) is 31.1 Å². The minimum Gasteiger partial charge on any atom is -0.345 e. The largest absolute Gasteiger partial charge is 0.345 e. The fourth-order valence-electron chi connectivity index (χ4n) is 0.663. The number of H-pyrrole nitrogens is 1. The molecule has 0 aliphatic carbocycles. The van der Waals surface area contributed by atoms with E-state index < -0.39 is 0 Å². The Morgan fingerprint density at radius 3 is 2.20 bits per heavy atom. The highest BCUT2D eigenvalue weighted by Crippen LogP contribution is 1.68. The van der Waals surface area contributed by atoms with Gasteiger partial charge in [-0.1, -0.05) is 38.7 Å². The van der Waals surface area contributed by atoms with Crippen molar-refractivity contribution in [1.29, 1.82) is 0 Å².